The van der Waals surface area contributed by atoms with E-state index in [9.17, 15) is 5.11 Å². The molecule has 2 aromatic rings. The maximum absolute atomic E-state index is 9.68. The van der Waals surface area contributed by atoms with Crippen molar-refractivity contribution in [2.75, 3.05) is 6.54 Å². The molecule has 20 heavy (non-hydrogen) atoms. The first-order valence-corrected chi connectivity index (χ1v) is 7.96. The number of thiophene rings is 1. The standard InChI is InChI=1S/C17H23NOS/c1-13(19)10-16(15-6-4-3-5-7-15)11-18-12-17-9-8-14(2)20-17/h3-9,13,16,18-19H,10-12H2,1-2H3. The van der Waals surface area contributed by atoms with Crippen LogP contribution in [0.25, 0.3) is 0 Å². The van der Waals surface area contributed by atoms with E-state index < -0.39 is 0 Å². The molecule has 0 bridgehead atoms. The third-order valence-corrected chi connectivity index (χ3v) is 4.38. The molecular weight excluding hydrogens is 266 g/mol. The molecule has 1 aromatic heterocycles. The van der Waals surface area contributed by atoms with Crippen LogP contribution in [0.2, 0.25) is 0 Å². The minimum atomic E-state index is -0.272. The van der Waals surface area contributed by atoms with Crippen LogP contribution in [0.15, 0.2) is 42.5 Å². The van der Waals surface area contributed by atoms with Gasteiger partial charge >= 0.3 is 0 Å². The van der Waals surface area contributed by atoms with Crippen molar-refractivity contribution in [3.05, 3.63) is 57.8 Å². The summed E-state index contributed by atoms with van der Waals surface area (Å²) in [5.74, 6) is 0.359. The van der Waals surface area contributed by atoms with Gasteiger partial charge in [-0.2, -0.15) is 0 Å². The molecule has 0 radical (unpaired) electrons. The van der Waals surface area contributed by atoms with Crippen LogP contribution in [-0.2, 0) is 6.54 Å². The third kappa shape index (κ3) is 4.75. The van der Waals surface area contributed by atoms with E-state index in [1.807, 2.05) is 24.3 Å². The molecule has 2 N–H and O–H groups in total. The van der Waals surface area contributed by atoms with Crippen molar-refractivity contribution < 1.29 is 5.11 Å². The molecule has 2 atom stereocenters. The smallest absolute Gasteiger partial charge is 0.0518 e. The van der Waals surface area contributed by atoms with Crippen molar-refractivity contribution in [1.29, 1.82) is 0 Å². The first-order valence-electron chi connectivity index (χ1n) is 7.14. The van der Waals surface area contributed by atoms with E-state index in [0.717, 1.165) is 19.5 Å². The molecule has 1 aromatic carbocycles. The van der Waals surface area contributed by atoms with E-state index in [0.29, 0.717) is 5.92 Å². The molecule has 3 heteroatoms. The van der Waals surface area contributed by atoms with Crippen LogP contribution in [0.5, 0.6) is 0 Å². The van der Waals surface area contributed by atoms with Crippen molar-refractivity contribution >= 4 is 11.3 Å². The molecule has 108 valence electrons. The van der Waals surface area contributed by atoms with Gasteiger partial charge in [-0.1, -0.05) is 30.3 Å². The molecule has 0 aliphatic carbocycles. The van der Waals surface area contributed by atoms with Crippen LogP contribution in [0.3, 0.4) is 0 Å². The lowest BCUT2D eigenvalue weighted by Gasteiger charge is -2.19. The van der Waals surface area contributed by atoms with Crippen LogP contribution < -0.4 is 5.32 Å². The van der Waals surface area contributed by atoms with Crippen LogP contribution in [0, 0.1) is 6.92 Å². The fraction of sp³-hybridized carbons (Fsp3) is 0.412. The molecule has 0 saturated heterocycles. The average molecular weight is 289 g/mol. The van der Waals surface area contributed by atoms with Crippen molar-refractivity contribution in [3.63, 3.8) is 0 Å². The van der Waals surface area contributed by atoms with Gasteiger partial charge in [-0.25, -0.2) is 0 Å². The number of aryl methyl sites for hydroxylation is 1. The minimum Gasteiger partial charge on any atom is -0.393 e. The van der Waals surface area contributed by atoms with E-state index >= 15 is 0 Å². The number of aliphatic hydroxyl groups is 1. The highest BCUT2D eigenvalue weighted by molar-refractivity contribution is 7.11. The van der Waals surface area contributed by atoms with Crippen LogP contribution in [0.4, 0.5) is 0 Å². The predicted octanol–water partition coefficient (Wildman–Crippen LogP) is 3.70. The molecule has 0 amide bonds. The van der Waals surface area contributed by atoms with Gasteiger partial charge in [0.25, 0.3) is 0 Å². The van der Waals surface area contributed by atoms with Gasteiger partial charge in [0.15, 0.2) is 0 Å². The topological polar surface area (TPSA) is 32.3 Å². The zero-order chi connectivity index (χ0) is 14.4. The summed E-state index contributed by atoms with van der Waals surface area (Å²) in [5.41, 5.74) is 1.29. The van der Waals surface area contributed by atoms with Crippen molar-refractivity contribution in [2.45, 2.75) is 38.8 Å². The molecule has 0 aliphatic heterocycles. The maximum Gasteiger partial charge on any atom is 0.0518 e. The fourth-order valence-corrected chi connectivity index (χ4v) is 3.28. The van der Waals surface area contributed by atoms with Crippen LogP contribution in [0.1, 0.15) is 34.6 Å². The molecule has 2 nitrogen and oxygen atoms in total. The molecule has 2 unspecified atom stereocenters. The Morgan fingerprint density at radius 2 is 1.90 bits per heavy atom. The lowest BCUT2D eigenvalue weighted by atomic mass is 9.93. The lowest BCUT2D eigenvalue weighted by Crippen LogP contribution is -2.23. The second kappa shape index (κ2) is 7.58. The Balaban J connectivity index is 1.91. The molecule has 1 heterocycles. The zero-order valence-electron chi connectivity index (χ0n) is 12.2. The van der Waals surface area contributed by atoms with E-state index in [-0.39, 0.29) is 6.10 Å². The number of nitrogens with one attached hydrogen (secondary N) is 1. The normalized spacial score (nSPS) is 14.2. The van der Waals surface area contributed by atoms with Gasteiger partial charge in [0.05, 0.1) is 6.10 Å². The molecule has 0 aliphatic rings. The fourth-order valence-electron chi connectivity index (χ4n) is 2.42. The second-order valence-corrected chi connectivity index (χ2v) is 6.71. The zero-order valence-corrected chi connectivity index (χ0v) is 13.0. The quantitative estimate of drug-likeness (QED) is 0.814. The van der Waals surface area contributed by atoms with Gasteiger partial charge in [-0.05, 0) is 43.9 Å². The van der Waals surface area contributed by atoms with E-state index in [4.69, 9.17) is 0 Å². The Kier molecular flexibility index (Phi) is 5.77. The van der Waals surface area contributed by atoms with Crippen molar-refractivity contribution in [3.8, 4) is 0 Å². The number of aliphatic hydroxyl groups excluding tert-OH is 1. The van der Waals surface area contributed by atoms with Crippen molar-refractivity contribution in [2.24, 2.45) is 0 Å². The Labute approximate surface area is 125 Å². The van der Waals surface area contributed by atoms with E-state index in [1.54, 1.807) is 0 Å². The highest BCUT2D eigenvalue weighted by Gasteiger charge is 2.13. The summed E-state index contributed by atoms with van der Waals surface area (Å²) >= 11 is 1.84. The first-order chi connectivity index (χ1) is 9.65. The predicted molar refractivity (Wildman–Crippen MR) is 86.2 cm³/mol. The molecular formula is C17H23NOS. The summed E-state index contributed by atoms with van der Waals surface area (Å²) in [6.45, 7) is 5.79. The first kappa shape index (κ1) is 15.2. The molecule has 2 rings (SSSR count). The molecule has 0 saturated carbocycles. The summed E-state index contributed by atoms with van der Waals surface area (Å²) in [6, 6.07) is 14.8. The second-order valence-electron chi connectivity index (χ2n) is 5.34. The highest BCUT2D eigenvalue weighted by atomic mass is 32.1. The van der Waals surface area contributed by atoms with Gasteiger partial charge in [-0.15, -0.1) is 11.3 Å². The SMILES string of the molecule is Cc1ccc(CNCC(CC(C)O)c2ccccc2)s1. The summed E-state index contributed by atoms with van der Waals surface area (Å²) in [6.07, 6.45) is 0.520. The minimum absolute atomic E-state index is 0.272. The van der Waals surface area contributed by atoms with Crippen molar-refractivity contribution in [1.82, 2.24) is 5.32 Å². The lowest BCUT2D eigenvalue weighted by molar-refractivity contribution is 0.173. The van der Waals surface area contributed by atoms with Gasteiger partial charge in [0.1, 0.15) is 0 Å². The van der Waals surface area contributed by atoms with Gasteiger partial charge < -0.3 is 10.4 Å². The number of hydrogen-bond donors (Lipinski definition) is 2. The Bertz CT molecular complexity index is 507. The largest absolute Gasteiger partial charge is 0.393 e. The van der Waals surface area contributed by atoms with Crippen LogP contribution in [-0.4, -0.2) is 17.8 Å². The monoisotopic (exact) mass is 289 g/mol. The maximum atomic E-state index is 9.68. The number of benzene rings is 1. The summed E-state index contributed by atoms with van der Waals surface area (Å²) in [5, 5.41) is 13.2. The molecule has 0 fully saturated rings. The van der Waals surface area contributed by atoms with Gasteiger partial charge in [0, 0.05) is 22.8 Å². The van der Waals surface area contributed by atoms with E-state index in [1.165, 1.54) is 15.3 Å². The summed E-state index contributed by atoms with van der Waals surface area (Å²) in [7, 11) is 0. The average Bonchev–Trinajstić information content (AvgIpc) is 2.84. The van der Waals surface area contributed by atoms with Gasteiger partial charge in [-0.3, -0.25) is 0 Å². The highest BCUT2D eigenvalue weighted by Crippen LogP contribution is 2.21. The Morgan fingerprint density at radius 3 is 2.50 bits per heavy atom. The summed E-state index contributed by atoms with van der Waals surface area (Å²) in [4.78, 5) is 2.72. The Morgan fingerprint density at radius 1 is 1.15 bits per heavy atom. The third-order valence-electron chi connectivity index (χ3n) is 3.38. The van der Waals surface area contributed by atoms with Gasteiger partial charge in [0.2, 0.25) is 0 Å². The van der Waals surface area contributed by atoms with E-state index in [2.05, 4.69) is 48.6 Å². The Hall–Kier alpha value is -1.16. The molecule has 0 spiro atoms. The number of hydrogen-bond acceptors (Lipinski definition) is 3. The number of rotatable bonds is 7. The van der Waals surface area contributed by atoms with Crippen LogP contribution >= 0.6 is 11.3 Å². The summed E-state index contributed by atoms with van der Waals surface area (Å²) < 4.78 is 0.